The van der Waals surface area contributed by atoms with Crippen molar-refractivity contribution in [1.29, 1.82) is 5.26 Å². The van der Waals surface area contributed by atoms with Crippen LogP contribution in [-0.2, 0) is 7.05 Å². The minimum absolute atomic E-state index is 0.223. The first-order chi connectivity index (χ1) is 10.0. The molecule has 0 radical (unpaired) electrons. The molecule has 1 atom stereocenters. The predicted octanol–water partition coefficient (Wildman–Crippen LogP) is 1.53. The maximum absolute atomic E-state index is 12.3. The van der Waals surface area contributed by atoms with Gasteiger partial charge in [0.15, 0.2) is 0 Å². The van der Waals surface area contributed by atoms with Crippen molar-refractivity contribution in [2.24, 2.45) is 13.0 Å². The van der Waals surface area contributed by atoms with E-state index in [0.29, 0.717) is 23.0 Å². The van der Waals surface area contributed by atoms with Crippen LogP contribution in [0.15, 0.2) is 18.6 Å². The number of carbonyl (C=O) groups excluding carboxylic acids is 1. The molecule has 2 rings (SSSR count). The molecule has 2 aromatic rings. The molecule has 2 heterocycles. The predicted molar refractivity (Wildman–Crippen MR) is 76.2 cm³/mol. The van der Waals surface area contributed by atoms with E-state index in [1.165, 1.54) is 18.6 Å². The van der Waals surface area contributed by atoms with Gasteiger partial charge in [-0.15, -0.1) is 0 Å². The SMILES string of the molecule is CC(C)C[C@@H](NC(=O)c1cc(C#N)c[nH]1)c1ncnn1C. The van der Waals surface area contributed by atoms with Crippen LogP contribution in [0.3, 0.4) is 0 Å². The summed E-state index contributed by atoms with van der Waals surface area (Å²) in [7, 11) is 1.80. The molecular formula is C14H18N6O. The molecule has 0 fully saturated rings. The zero-order chi connectivity index (χ0) is 15.4. The second-order valence-corrected chi connectivity index (χ2v) is 5.31. The Kier molecular flexibility index (Phi) is 4.38. The van der Waals surface area contributed by atoms with Gasteiger partial charge in [0.1, 0.15) is 23.9 Å². The van der Waals surface area contributed by atoms with Crippen LogP contribution < -0.4 is 5.32 Å². The van der Waals surface area contributed by atoms with Crippen molar-refractivity contribution < 1.29 is 4.79 Å². The van der Waals surface area contributed by atoms with Gasteiger partial charge in [0.2, 0.25) is 0 Å². The van der Waals surface area contributed by atoms with Gasteiger partial charge in [-0.05, 0) is 18.4 Å². The highest BCUT2D eigenvalue weighted by Gasteiger charge is 2.21. The van der Waals surface area contributed by atoms with Crippen LogP contribution in [0.2, 0.25) is 0 Å². The van der Waals surface area contributed by atoms with Gasteiger partial charge in [0.05, 0.1) is 11.6 Å². The Hall–Kier alpha value is -2.62. The number of H-pyrrole nitrogens is 1. The van der Waals surface area contributed by atoms with Crippen LogP contribution in [0, 0.1) is 17.2 Å². The lowest BCUT2D eigenvalue weighted by atomic mass is 10.0. The van der Waals surface area contributed by atoms with Crippen molar-refractivity contribution in [1.82, 2.24) is 25.1 Å². The fraction of sp³-hybridized carbons (Fsp3) is 0.429. The van der Waals surface area contributed by atoms with Crippen LogP contribution in [0.1, 0.15) is 48.2 Å². The highest BCUT2D eigenvalue weighted by atomic mass is 16.2. The van der Waals surface area contributed by atoms with E-state index in [1.807, 2.05) is 6.07 Å². The van der Waals surface area contributed by atoms with Crippen LogP contribution in [0.4, 0.5) is 0 Å². The Labute approximate surface area is 123 Å². The second kappa shape index (κ2) is 6.22. The number of aromatic nitrogens is 4. The third-order valence-corrected chi connectivity index (χ3v) is 3.13. The molecule has 0 spiro atoms. The molecule has 0 aliphatic carbocycles. The second-order valence-electron chi connectivity index (χ2n) is 5.31. The molecule has 0 unspecified atom stereocenters. The molecule has 7 nitrogen and oxygen atoms in total. The molecule has 0 bridgehead atoms. The Morgan fingerprint density at radius 3 is 2.86 bits per heavy atom. The summed E-state index contributed by atoms with van der Waals surface area (Å²) in [5.74, 6) is 0.847. The third-order valence-electron chi connectivity index (χ3n) is 3.13. The molecule has 0 aliphatic heterocycles. The first-order valence-electron chi connectivity index (χ1n) is 6.74. The fourth-order valence-corrected chi connectivity index (χ4v) is 2.15. The molecular weight excluding hydrogens is 268 g/mol. The van der Waals surface area contributed by atoms with Gasteiger partial charge in [-0.2, -0.15) is 10.4 Å². The van der Waals surface area contributed by atoms with E-state index >= 15 is 0 Å². The molecule has 21 heavy (non-hydrogen) atoms. The van der Waals surface area contributed by atoms with Crippen molar-refractivity contribution in [3.63, 3.8) is 0 Å². The summed E-state index contributed by atoms with van der Waals surface area (Å²) in [6, 6.07) is 3.29. The number of nitrogens with one attached hydrogen (secondary N) is 2. The molecule has 2 N–H and O–H groups in total. The zero-order valence-electron chi connectivity index (χ0n) is 12.3. The number of hydrogen-bond donors (Lipinski definition) is 2. The van der Waals surface area contributed by atoms with Gasteiger partial charge in [-0.3, -0.25) is 9.48 Å². The number of hydrogen-bond acceptors (Lipinski definition) is 4. The van der Waals surface area contributed by atoms with E-state index in [0.717, 1.165) is 6.42 Å². The largest absolute Gasteiger partial charge is 0.356 e. The first kappa shape index (κ1) is 14.8. The minimum Gasteiger partial charge on any atom is -0.356 e. The number of rotatable bonds is 5. The van der Waals surface area contributed by atoms with Gasteiger partial charge >= 0.3 is 0 Å². The zero-order valence-corrected chi connectivity index (χ0v) is 12.3. The normalized spacial score (nSPS) is 12.1. The van der Waals surface area contributed by atoms with Gasteiger partial charge in [-0.25, -0.2) is 4.98 Å². The molecule has 110 valence electrons. The topological polar surface area (TPSA) is 99.4 Å². The van der Waals surface area contributed by atoms with E-state index in [1.54, 1.807) is 11.7 Å². The van der Waals surface area contributed by atoms with Gasteiger partial charge in [-0.1, -0.05) is 13.8 Å². The summed E-state index contributed by atoms with van der Waals surface area (Å²) in [6.07, 6.45) is 3.73. The van der Waals surface area contributed by atoms with Crippen molar-refractivity contribution in [3.05, 3.63) is 35.7 Å². The summed E-state index contributed by atoms with van der Waals surface area (Å²) in [4.78, 5) is 19.3. The molecule has 0 saturated heterocycles. The van der Waals surface area contributed by atoms with Crippen molar-refractivity contribution in [3.8, 4) is 6.07 Å². The lowest BCUT2D eigenvalue weighted by molar-refractivity contribution is 0.0924. The van der Waals surface area contributed by atoms with E-state index in [4.69, 9.17) is 5.26 Å². The monoisotopic (exact) mass is 286 g/mol. The summed E-state index contributed by atoms with van der Waals surface area (Å²) in [5, 5.41) is 15.8. The van der Waals surface area contributed by atoms with Gasteiger partial charge in [0, 0.05) is 13.2 Å². The van der Waals surface area contributed by atoms with E-state index in [9.17, 15) is 4.79 Å². The smallest absolute Gasteiger partial charge is 0.268 e. The number of aryl methyl sites for hydroxylation is 1. The van der Waals surface area contributed by atoms with Crippen molar-refractivity contribution in [2.75, 3.05) is 0 Å². The van der Waals surface area contributed by atoms with Crippen LogP contribution in [0.25, 0.3) is 0 Å². The maximum Gasteiger partial charge on any atom is 0.268 e. The number of aromatic amines is 1. The highest BCUT2D eigenvalue weighted by molar-refractivity contribution is 5.93. The lowest BCUT2D eigenvalue weighted by Gasteiger charge is -2.19. The molecule has 0 aromatic carbocycles. The average molecular weight is 286 g/mol. The standard InChI is InChI=1S/C14H18N6O/c1-9(2)4-11(13-17-8-18-20(13)3)19-14(21)12-5-10(6-15)7-16-12/h5,7-9,11,16H,4H2,1-3H3,(H,19,21)/t11-/m1/s1. The molecule has 0 aliphatic rings. The summed E-state index contributed by atoms with van der Waals surface area (Å²) >= 11 is 0. The molecule has 7 heteroatoms. The number of nitrogens with zero attached hydrogens (tertiary/aromatic N) is 4. The Morgan fingerprint density at radius 1 is 1.57 bits per heavy atom. The van der Waals surface area contributed by atoms with Crippen LogP contribution >= 0.6 is 0 Å². The highest BCUT2D eigenvalue weighted by Crippen LogP contribution is 2.19. The maximum atomic E-state index is 12.3. The Balaban J connectivity index is 2.17. The lowest BCUT2D eigenvalue weighted by Crippen LogP contribution is -2.31. The third kappa shape index (κ3) is 3.48. The summed E-state index contributed by atoms with van der Waals surface area (Å²) in [6.45, 7) is 4.16. The molecule has 0 saturated carbocycles. The van der Waals surface area contributed by atoms with E-state index in [-0.39, 0.29) is 11.9 Å². The van der Waals surface area contributed by atoms with Crippen molar-refractivity contribution >= 4 is 5.91 Å². The van der Waals surface area contributed by atoms with E-state index in [2.05, 4.69) is 34.2 Å². The number of amides is 1. The van der Waals surface area contributed by atoms with Gasteiger partial charge < -0.3 is 10.3 Å². The number of carbonyl (C=O) groups is 1. The first-order valence-corrected chi connectivity index (χ1v) is 6.74. The van der Waals surface area contributed by atoms with Crippen LogP contribution in [-0.4, -0.2) is 25.7 Å². The molecule has 1 amide bonds. The number of nitriles is 1. The summed E-state index contributed by atoms with van der Waals surface area (Å²) < 4.78 is 1.66. The fourth-order valence-electron chi connectivity index (χ4n) is 2.15. The Bertz CT molecular complexity index is 663. The van der Waals surface area contributed by atoms with E-state index < -0.39 is 0 Å². The quantitative estimate of drug-likeness (QED) is 0.870. The van der Waals surface area contributed by atoms with Crippen LogP contribution in [0.5, 0.6) is 0 Å². The summed E-state index contributed by atoms with van der Waals surface area (Å²) in [5.41, 5.74) is 0.793. The van der Waals surface area contributed by atoms with Gasteiger partial charge in [0.25, 0.3) is 5.91 Å². The average Bonchev–Trinajstić information content (AvgIpc) is 3.05. The Morgan fingerprint density at radius 2 is 2.33 bits per heavy atom. The minimum atomic E-state index is -0.259. The van der Waals surface area contributed by atoms with Crippen molar-refractivity contribution in [2.45, 2.75) is 26.3 Å². The molecule has 2 aromatic heterocycles.